The Balaban J connectivity index is 1.91. The van der Waals surface area contributed by atoms with Crippen molar-refractivity contribution in [1.29, 1.82) is 0 Å². The molecule has 0 atom stereocenters. The summed E-state index contributed by atoms with van der Waals surface area (Å²) in [7, 11) is 0. The normalized spacial score (nSPS) is 10.7. The highest BCUT2D eigenvalue weighted by Crippen LogP contribution is 2.23. The van der Waals surface area contributed by atoms with Gasteiger partial charge in [0.1, 0.15) is 5.69 Å². The first-order chi connectivity index (χ1) is 9.65. The number of aromatic amines is 1. The molecule has 2 aromatic heterocycles. The van der Waals surface area contributed by atoms with Gasteiger partial charge in [-0.1, -0.05) is 17.7 Å². The Morgan fingerprint density at radius 3 is 2.95 bits per heavy atom. The number of halogens is 1. The fourth-order valence-corrected chi connectivity index (χ4v) is 2.19. The third-order valence-electron chi connectivity index (χ3n) is 3.15. The number of carbonyl (C=O) groups is 1. The second kappa shape index (κ2) is 4.98. The molecule has 100 valence electrons. The van der Waals surface area contributed by atoms with Crippen molar-refractivity contribution in [1.82, 2.24) is 9.97 Å². The van der Waals surface area contributed by atoms with Gasteiger partial charge in [0.2, 0.25) is 0 Å². The van der Waals surface area contributed by atoms with Crippen molar-refractivity contribution in [2.24, 2.45) is 0 Å². The first-order valence-corrected chi connectivity index (χ1v) is 6.53. The lowest BCUT2D eigenvalue weighted by Gasteiger charge is -2.08. The van der Waals surface area contributed by atoms with Crippen molar-refractivity contribution < 1.29 is 4.79 Å². The van der Waals surface area contributed by atoms with Gasteiger partial charge in [-0.15, -0.1) is 0 Å². The van der Waals surface area contributed by atoms with Gasteiger partial charge in [0.25, 0.3) is 5.91 Å². The van der Waals surface area contributed by atoms with E-state index in [1.807, 2.05) is 25.1 Å². The smallest absolute Gasteiger partial charge is 0.272 e. The number of aromatic nitrogens is 2. The fraction of sp³-hybridized carbons (Fsp3) is 0.0667. The quantitative estimate of drug-likeness (QED) is 0.753. The molecule has 1 amide bonds. The Bertz CT molecular complexity index is 762. The van der Waals surface area contributed by atoms with Crippen LogP contribution in [-0.4, -0.2) is 15.9 Å². The highest BCUT2D eigenvalue weighted by atomic mass is 35.5. The minimum Gasteiger partial charge on any atom is -0.349 e. The topological polar surface area (TPSA) is 57.8 Å². The van der Waals surface area contributed by atoms with E-state index in [0.29, 0.717) is 16.4 Å². The van der Waals surface area contributed by atoms with E-state index < -0.39 is 0 Å². The average molecular weight is 286 g/mol. The average Bonchev–Trinajstić information content (AvgIpc) is 2.88. The molecular formula is C15H12ClN3O. The lowest BCUT2D eigenvalue weighted by Crippen LogP contribution is -2.13. The molecule has 0 aliphatic heterocycles. The largest absolute Gasteiger partial charge is 0.349 e. The molecule has 0 unspecified atom stereocenters. The molecule has 3 rings (SSSR count). The van der Waals surface area contributed by atoms with Crippen molar-refractivity contribution in [2.45, 2.75) is 6.92 Å². The SMILES string of the molecule is Cc1c(Cl)cccc1NC(=O)c1cc2ncccc2[nH]1. The second-order valence-electron chi connectivity index (χ2n) is 4.49. The van der Waals surface area contributed by atoms with Crippen molar-refractivity contribution in [2.75, 3.05) is 5.32 Å². The molecule has 0 saturated carbocycles. The molecule has 0 spiro atoms. The zero-order valence-corrected chi connectivity index (χ0v) is 11.5. The predicted octanol–water partition coefficient (Wildman–Crippen LogP) is 3.78. The molecule has 2 N–H and O–H groups in total. The van der Waals surface area contributed by atoms with Crippen LogP contribution in [0.1, 0.15) is 16.1 Å². The molecule has 5 heteroatoms. The summed E-state index contributed by atoms with van der Waals surface area (Å²) in [5.41, 5.74) is 3.62. The highest BCUT2D eigenvalue weighted by Gasteiger charge is 2.12. The predicted molar refractivity (Wildman–Crippen MR) is 80.2 cm³/mol. The number of amides is 1. The van der Waals surface area contributed by atoms with Crippen LogP contribution in [0.2, 0.25) is 5.02 Å². The van der Waals surface area contributed by atoms with Gasteiger partial charge in [-0.2, -0.15) is 0 Å². The summed E-state index contributed by atoms with van der Waals surface area (Å²) >= 11 is 6.04. The van der Waals surface area contributed by atoms with E-state index in [1.54, 1.807) is 24.4 Å². The number of fused-ring (bicyclic) bond motifs is 1. The highest BCUT2D eigenvalue weighted by molar-refractivity contribution is 6.31. The van der Waals surface area contributed by atoms with Crippen LogP contribution in [-0.2, 0) is 0 Å². The van der Waals surface area contributed by atoms with Crippen LogP contribution < -0.4 is 5.32 Å². The number of rotatable bonds is 2. The van der Waals surface area contributed by atoms with Gasteiger partial charge in [-0.3, -0.25) is 9.78 Å². The Morgan fingerprint density at radius 1 is 1.30 bits per heavy atom. The number of pyridine rings is 1. The minimum atomic E-state index is -0.214. The maximum absolute atomic E-state index is 12.2. The van der Waals surface area contributed by atoms with Crippen molar-refractivity contribution >= 4 is 34.2 Å². The van der Waals surface area contributed by atoms with Crippen LogP contribution >= 0.6 is 11.6 Å². The van der Waals surface area contributed by atoms with Crippen LogP contribution in [0.25, 0.3) is 11.0 Å². The van der Waals surface area contributed by atoms with E-state index >= 15 is 0 Å². The molecule has 4 nitrogen and oxygen atoms in total. The van der Waals surface area contributed by atoms with Gasteiger partial charge in [-0.25, -0.2) is 0 Å². The molecule has 0 aliphatic carbocycles. The third kappa shape index (κ3) is 2.26. The molecule has 3 aromatic rings. The number of anilines is 1. The van der Waals surface area contributed by atoms with Crippen molar-refractivity contribution in [3.8, 4) is 0 Å². The summed E-state index contributed by atoms with van der Waals surface area (Å²) in [5.74, 6) is -0.214. The monoisotopic (exact) mass is 285 g/mol. The van der Waals surface area contributed by atoms with Crippen molar-refractivity contribution in [3.63, 3.8) is 0 Å². The summed E-state index contributed by atoms with van der Waals surface area (Å²) in [5, 5.41) is 3.47. The number of nitrogens with zero attached hydrogens (tertiary/aromatic N) is 1. The van der Waals surface area contributed by atoms with Gasteiger partial charge in [-0.05, 0) is 42.8 Å². The van der Waals surface area contributed by atoms with Gasteiger partial charge in [0, 0.05) is 16.9 Å². The molecule has 2 heterocycles. The number of hydrogen-bond acceptors (Lipinski definition) is 2. The molecular weight excluding hydrogens is 274 g/mol. The van der Waals surface area contributed by atoms with Crippen LogP contribution in [0.3, 0.4) is 0 Å². The van der Waals surface area contributed by atoms with Gasteiger partial charge in [0.15, 0.2) is 0 Å². The number of H-pyrrole nitrogens is 1. The summed E-state index contributed by atoms with van der Waals surface area (Å²) in [6.45, 7) is 1.87. The zero-order valence-electron chi connectivity index (χ0n) is 10.8. The molecule has 0 bridgehead atoms. The van der Waals surface area contributed by atoms with Crippen molar-refractivity contribution in [3.05, 3.63) is 58.9 Å². The number of hydrogen-bond donors (Lipinski definition) is 2. The summed E-state index contributed by atoms with van der Waals surface area (Å²) in [6, 6.07) is 10.8. The van der Waals surface area contributed by atoms with E-state index in [4.69, 9.17) is 11.6 Å². The number of nitrogens with one attached hydrogen (secondary N) is 2. The summed E-state index contributed by atoms with van der Waals surface area (Å²) in [6.07, 6.45) is 1.69. The number of carbonyl (C=O) groups excluding carboxylic acids is 1. The second-order valence-corrected chi connectivity index (χ2v) is 4.89. The third-order valence-corrected chi connectivity index (χ3v) is 3.56. The first-order valence-electron chi connectivity index (χ1n) is 6.15. The molecule has 20 heavy (non-hydrogen) atoms. The Kier molecular flexibility index (Phi) is 3.16. The molecule has 0 fully saturated rings. The van der Waals surface area contributed by atoms with Crippen LogP contribution in [0.15, 0.2) is 42.6 Å². The van der Waals surface area contributed by atoms with E-state index in [9.17, 15) is 4.79 Å². The van der Waals surface area contributed by atoms with Gasteiger partial charge < -0.3 is 10.3 Å². The maximum atomic E-state index is 12.2. The fourth-order valence-electron chi connectivity index (χ4n) is 2.01. The molecule has 0 aliphatic rings. The van der Waals surface area contributed by atoms with Crippen LogP contribution in [0.4, 0.5) is 5.69 Å². The Labute approximate surface area is 120 Å². The minimum absolute atomic E-state index is 0.214. The first kappa shape index (κ1) is 12.7. The van der Waals surface area contributed by atoms with Gasteiger partial charge in [0.05, 0.1) is 11.0 Å². The lowest BCUT2D eigenvalue weighted by molar-refractivity contribution is 0.102. The van der Waals surface area contributed by atoms with E-state index in [2.05, 4.69) is 15.3 Å². The molecule has 0 radical (unpaired) electrons. The van der Waals surface area contributed by atoms with E-state index in [-0.39, 0.29) is 5.91 Å². The van der Waals surface area contributed by atoms with E-state index in [0.717, 1.165) is 16.6 Å². The van der Waals surface area contributed by atoms with Gasteiger partial charge >= 0.3 is 0 Å². The Morgan fingerprint density at radius 2 is 2.15 bits per heavy atom. The van der Waals surface area contributed by atoms with Crippen LogP contribution in [0.5, 0.6) is 0 Å². The molecule has 0 saturated heterocycles. The Hall–Kier alpha value is -2.33. The van der Waals surface area contributed by atoms with E-state index in [1.165, 1.54) is 0 Å². The zero-order chi connectivity index (χ0) is 14.1. The summed E-state index contributed by atoms with van der Waals surface area (Å²) in [4.78, 5) is 19.5. The number of benzene rings is 1. The maximum Gasteiger partial charge on any atom is 0.272 e. The summed E-state index contributed by atoms with van der Waals surface area (Å²) < 4.78 is 0. The van der Waals surface area contributed by atoms with Crippen LogP contribution in [0, 0.1) is 6.92 Å². The lowest BCUT2D eigenvalue weighted by atomic mass is 10.2. The standard InChI is InChI=1S/C15H12ClN3O/c1-9-10(16)4-2-5-11(9)19-15(20)14-8-13-12(18-14)6-3-7-17-13/h2-8,18H,1H3,(H,19,20). The molecule has 1 aromatic carbocycles.